The minimum atomic E-state index is -1.01. The Hall–Kier alpha value is -1.34. The molecule has 0 aliphatic rings. The number of carbonyl (C=O) groups is 2. The highest BCUT2D eigenvalue weighted by Gasteiger charge is 2.22. The van der Waals surface area contributed by atoms with Crippen LogP contribution in [-0.4, -0.2) is 68.6 Å². The first-order valence-electron chi connectivity index (χ1n) is 6.82. The van der Waals surface area contributed by atoms with Gasteiger partial charge in [0.1, 0.15) is 6.04 Å². The molecule has 0 saturated heterocycles. The number of carboxylic acids is 1. The zero-order chi connectivity index (χ0) is 15.4. The quantitative estimate of drug-likeness (QED) is 0.553. The normalized spacial score (nSPS) is 11.9. The largest absolute Gasteiger partial charge is 0.480 e. The molecule has 0 saturated carbocycles. The molecule has 0 aromatic heterocycles. The van der Waals surface area contributed by atoms with E-state index in [-0.39, 0.29) is 6.03 Å². The minimum absolute atomic E-state index is 0.376. The number of aliphatic carboxylic acids is 1. The molecule has 1 unspecified atom stereocenters. The number of hydrogen-bond donors (Lipinski definition) is 2. The predicted octanol–water partition coefficient (Wildman–Crippen LogP) is 0.934. The van der Waals surface area contributed by atoms with Gasteiger partial charge in [-0.15, -0.1) is 0 Å². The lowest BCUT2D eigenvalue weighted by molar-refractivity contribution is -0.139. The molecule has 7 nitrogen and oxygen atoms in total. The van der Waals surface area contributed by atoms with Gasteiger partial charge < -0.3 is 24.8 Å². The van der Waals surface area contributed by atoms with E-state index in [2.05, 4.69) is 5.32 Å². The van der Waals surface area contributed by atoms with Crippen LogP contribution in [0.15, 0.2) is 0 Å². The zero-order valence-electron chi connectivity index (χ0n) is 12.6. The first-order chi connectivity index (χ1) is 9.56. The van der Waals surface area contributed by atoms with Crippen LogP contribution in [0.4, 0.5) is 4.79 Å². The number of carboxylic acid groups (broad SMARTS) is 1. The van der Waals surface area contributed by atoms with Crippen LogP contribution in [0.1, 0.15) is 26.2 Å². The topological polar surface area (TPSA) is 88.1 Å². The van der Waals surface area contributed by atoms with Crippen LogP contribution in [0.25, 0.3) is 0 Å². The molecule has 0 heterocycles. The van der Waals surface area contributed by atoms with Crippen LogP contribution in [0.2, 0.25) is 0 Å². The van der Waals surface area contributed by atoms with Gasteiger partial charge in [-0.2, -0.15) is 0 Å². The van der Waals surface area contributed by atoms with Gasteiger partial charge in [0.2, 0.25) is 0 Å². The van der Waals surface area contributed by atoms with Crippen LogP contribution in [0, 0.1) is 0 Å². The molecule has 0 fully saturated rings. The van der Waals surface area contributed by atoms with Crippen LogP contribution >= 0.6 is 0 Å². The van der Waals surface area contributed by atoms with Gasteiger partial charge in [0.15, 0.2) is 0 Å². The first-order valence-corrected chi connectivity index (χ1v) is 6.82. The second-order valence-corrected chi connectivity index (χ2v) is 4.46. The Morgan fingerprint density at radius 2 is 1.85 bits per heavy atom. The lowest BCUT2D eigenvalue weighted by Gasteiger charge is -2.24. The highest BCUT2D eigenvalue weighted by atomic mass is 16.5. The summed E-state index contributed by atoms with van der Waals surface area (Å²) in [5.41, 5.74) is 0. The fraction of sp³-hybridized carbons (Fsp3) is 0.846. The van der Waals surface area contributed by atoms with Gasteiger partial charge in [0.05, 0.1) is 6.61 Å². The van der Waals surface area contributed by atoms with Crippen molar-refractivity contribution in [3.05, 3.63) is 0 Å². The number of hydrogen-bond acceptors (Lipinski definition) is 4. The summed E-state index contributed by atoms with van der Waals surface area (Å²) in [6, 6.07) is -1.22. The van der Waals surface area contributed by atoms with Crippen molar-refractivity contribution in [3.8, 4) is 0 Å². The Labute approximate surface area is 120 Å². The van der Waals surface area contributed by atoms with Crippen molar-refractivity contribution in [1.29, 1.82) is 0 Å². The third-order valence-electron chi connectivity index (χ3n) is 2.80. The average molecular weight is 290 g/mol. The molecule has 0 aliphatic carbocycles. The molecular weight excluding hydrogens is 264 g/mol. The summed E-state index contributed by atoms with van der Waals surface area (Å²) in [4.78, 5) is 24.7. The van der Waals surface area contributed by atoms with Crippen molar-refractivity contribution in [3.63, 3.8) is 0 Å². The monoisotopic (exact) mass is 290 g/mol. The zero-order valence-corrected chi connectivity index (χ0v) is 12.6. The van der Waals surface area contributed by atoms with Crippen molar-refractivity contribution < 1.29 is 24.2 Å². The molecule has 0 radical (unpaired) electrons. The number of nitrogens with zero attached hydrogens (tertiary/aromatic N) is 1. The molecule has 118 valence electrons. The Bertz CT molecular complexity index is 286. The minimum Gasteiger partial charge on any atom is -0.480 e. The van der Waals surface area contributed by atoms with E-state index in [0.717, 1.165) is 0 Å². The molecule has 0 bridgehead atoms. The molecular formula is C13H26N2O5. The molecule has 0 aromatic carbocycles. The van der Waals surface area contributed by atoms with Crippen LogP contribution < -0.4 is 5.32 Å². The molecule has 7 heteroatoms. The Morgan fingerprint density at radius 1 is 1.20 bits per heavy atom. The number of rotatable bonds is 11. The van der Waals surface area contributed by atoms with E-state index in [1.54, 1.807) is 19.1 Å². The van der Waals surface area contributed by atoms with E-state index in [1.807, 2.05) is 6.92 Å². The van der Waals surface area contributed by atoms with Crippen molar-refractivity contribution in [2.45, 2.75) is 32.2 Å². The van der Waals surface area contributed by atoms with Gasteiger partial charge in [-0.3, -0.25) is 0 Å². The van der Waals surface area contributed by atoms with Gasteiger partial charge >= 0.3 is 12.0 Å². The fourth-order valence-electron chi connectivity index (χ4n) is 1.70. The Morgan fingerprint density at radius 3 is 2.35 bits per heavy atom. The van der Waals surface area contributed by atoms with Crippen molar-refractivity contribution in [2.75, 3.05) is 40.5 Å². The van der Waals surface area contributed by atoms with Gasteiger partial charge in [-0.25, -0.2) is 9.59 Å². The molecule has 20 heavy (non-hydrogen) atoms. The van der Waals surface area contributed by atoms with Gasteiger partial charge in [-0.05, 0) is 12.8 Å². The number of amides is 2. The van der Waals surface area contributed by atoms with E-state index in [0.29, 0.717) is 45.6 Å². The standard InChI is InChI=1S/C13H26N2O5/c1-4-6-11(12(16)17)14-13(18)15(8-10-20-3)7-5-9-19-2/h11H,4-10H2,1-3H3,(H,14,18)(H,16,17). The SMILES string of the molecule is CCCC(NC(=O)N(CCCOC)CCOC)C(=O)O. The number of nitrogens with one attached hydrogen (secondary N) is 1. The van der Waals surface area contributed by atoms with Crippen LogP contribution in [-0.2, 0) is 14.3 Å². The second kappa shape index (κ2) is 11.5. The van der Waals surface area contributed by atoms with Crippen LogP contribution in [0.3, 0.4) is 0 Å². The average Bonchev–Trinajstić information content (AvgIpc) is 2.41. The smallest absolute Gasteiger partial charge is 0.326 e. The van der Waals surface area contributed by atoms with Crippen molar-refractivity contribution in [2.24, 2.45) is 0 Å². The summed E-state index contributed by atoms with van der Waals surface area (Å²) >= 11 is 0. The van der Waals surface area contributed by atoms with Crippen LogP contribution in [0.5, 0.6) is 0 Å². The summed E-state index contributed by atoms with van der Waals surface area (Å²) in [5, 5.41) is 11.6. The molecule has 1 atom stereocenters. The van der Waals surface area contributed by atoms with E-state index in [1.165, 1.54) is 0 Å². The summed E-state index contributed by atoms with van der Waals surface area (Å²) in [6.45, 7) is 3.76. The highest BCUT2D eigenvalue weighted by molar-refractivity contribution is 5.82. The van der Waals surface area contributed by atoms with Crippen molar-refractivity contribution >= 4 is 12.0 Å². The number of methoxy groups -OCH3 is 2. The van der Waals surface area contributed by atoms with Crippen molar-refractivity contribution in [1.82, 2.24) is 10.2 Å². The number of carbonyl (C=O) groups excluding carboxylic acids is 1. The summed E-state index contributed by atoms with van der Waals surface area (Å²) in [7, 11) is 3.16. The molecule has 0 aromatic rings. The Kier molecular flexibility index (Phi) is 10.7. The maximum Gasteiger partial charge on any atom is 0.326 e. The Balaban J connectivity index is 4.45. The third-order valence-corrected chi connectivity index (χ3v) is 2.80. The van der Waals surface area contributed by atoms with E-state index in [9.17, 15) is 9.59 Å². The second-order valence-electron chi connectivity index (χ2n) is 4.46. The predicted molar refractivity (Wildman–Crippen MR) is 74.8 cm³/mol. The van der Waals surface area contributed by atoms with Gasteiger partial charge in [0.25, 0.3) is 0 Å². The van der Waals surface area contributed by atoms with E-state index in [4.69, 9.17) is 14.6 Å². The molecule has 2 N–H and O–H groups in total. The summed E-state index contributed by atoms with van der Waals surface area (Å²) in [5.74, 6) is -1.01. The molecule has 0 aliphatic heterocycles. The number of urea groups is 1. The molecule has 0 spiro atoms. The lowest BCUT2D eigenvalue weighted by Crippen LogP contribution is -2.49. The highest BCUT2D eigenvalue weighted by Crippen LogP contribution is 2.00. The summed E-state index contributed by atoms with van der Waals surface area (Å²) < 4.78 is 9.91. The van der Waals surface area contributed by atoms with Gasteiger partial charge in [0, 0.05) is 33.9 Å². The molecule has 0 rings (SSSR count). The maximum atomic E-state index is 12.1. The summed E-state index contributed by atoms with van der Waals surface area (Å²) in [6.07, 6.45) is 1.80. The third kappa shape index (κ3) is 7.96. The first kappa shape index (κ1) is 18.7. The lowest BCUT2D eigenvalue weighted by atomic mass is 10.2. The maximum absolute atomic E-state index is 12.1. The fourth-order valence-corrected chi connectivity index (χ4v) is 1.70. The van der Waals surface area contributed by atoms with E-state index >= 15 is 0 Å². The van der Waals surface area contributed by atoms with E-state index < -0.39 is 12.0 Å². The van der Waals surface area contributed by atoms with Gasteiger partial charge in [-0.1, -0.05) is 13.3 Å². The number of ether oxygens (including phenoxy) is 2. The molecule has 2 amide bonds.